The van der Waals surface area contributed by atoms with Crippen LogP contribution in [0.5, 0.6) is 11.5 Å². The Bertz CT molecular complexity index is 1020. The van der Waals surface area contributed by atoms with Crippen molar-refractivity contribution in [3.8, 4) is 11.5 Å². The van der Waals surface area contributed by atoms with Crippen molar-refractivity contribution in [3.63, 3.8) is 0 Å². The molecule has 0 bridgehead atoms. The van der Waals surface area contributed by atoms with Crippen LogP contribution in [0.1, 0.15) is 11.1 Å². The average molecular weight is 424 g/mol. The number of hydrogen-bond acceptors (Lipinski definition) is 3. The first-order valence-corrected chi connectivity index (χ1v) is 10.4. The molecular formula is C27H25N3O2. The number of rotatable bonds is 8. The van der Waals surface area contributed by atoms with Gasteiger partial charge in [-0.2, -0.15) is 0 Å². The SMILES string of the molecule is N=C(Nc1ccc(OCc2ccccc2)cc1)Nc1ccc(OCc2ccccc2)cc1. The molecule has 4 rings (SSSR count). The van der Waals surface area contributed by atoms with Crippen LogP contribution in [0.3, 0.4) is 0 Å². The molecule has 0 aromatic heterocycles. The standard InChI is InChI=1S/C27H25N3O2/c28-27(29-23-11-15-25(16-12-23)31-19-21-7-3-1-4-8-21)30-24-13-17-26(18-14-24)32-20-22-9-5-2-6-10-22/h1-18H,19-20H2,(H3,28,29,30). The highest BCUT2D eigenvalue weighted by molar-refractivity contribution is 6.01. The first-order valence-electron chi connectivity index (χ1n) is 10.4. The van der Waals surface area contributed by atoms with Crippen LogP contribution >= 0.6 is 0 Å². The molecule has 0 saturated heterocycles. The lowest BCUT2D eigenvalue weighted by atomic mass is 10.2. The predicted octanol–water partition coefficient (Wildman–Crippen LogP) is 6.30. The van der Waals surface area contributed by atoms with Crippen molar-refractivity contribution in [1.29, 1.82) is 5.41 Å². The van der Waals surface area contributed by atoms with Gasteiger partial charge >= 0.3 is 0 Å². The van der Waals surface area contributed by atoms with Crippen molar-refractivity contribution in [2.45, 2.75) is 13.2 Å². The summed E-state index contributed by atoms with van der Waals surface area (Å²) >= 11 is 0. The second kappa shape index (κ2) is 10.7. The maximum absolute atomic E-state index is 8.17. The Labute approximate surface area is 188 Å². The van der Waals surface area contributed by atoms with Crippen LogP contribution < -0.4 is 20.1 Å². The maximum atomic E-state index is 8.17. The van der Waals surface area contributed by atoms with E-state index in [1.54, 1.807) is 0 Å². The monoisotopic (exact) mass is 423 g/mol. The summed E-state index contributed by atoms with van der Waals surface area (Å²) < 4.78 is 11.6. The Morgan fingerprint density at radius 3 is 1.28 bits per heavy atom. The summed E-state index contributed by atoms with van der Waals surface area (Å²) in [5, 5.41) is 14.2. The summed E-state index contributed by atoms with van der Waals surface area (Å²) in [7, 11) is 0. The fourth-order valence-corrected chi connectivity index (χ4v) is 3.07. The normalized spacial score (nSPS) is 10.2. The second-order valence-corrected chi connectivity index (χ2v) is 7.22. The van der Waals surface area contributed by atoms with E-state index in [2.05, 4.69) is 10.6 Å². The van der Waals surface area contributed by atoms with E-state index in [1.807, 2.05) is 109 Å². The van der Waals surface area contributed by atoms with Gasteiger partial charge in [-0.05, 0) is 59.7 Å². The van der Waals surface area contributed by atoms with E-state index in [-0.39, 0.29) is 5.96 Å². The van der Waals surface area contributed by atoms with Crippen LogP contribution in [-0.4, -0.2) is 5.96 Å². The molecule has 4 aromatic carbocycles. The molecule has 0 heterocycles. The van der Waals surface area contributed by atoms with Gasteiger partial charge in [-0.25, -0.2) is 0 Å². The quantitative estimate of drug-likeness (QED) is 0.230. The molecule has 3 N–H and O–H groups in total. The zero-order chi connectivity index (χ0) is 22.0. The molecule has 0 aliphatic carbocycles. The molecule has 5 nitrogen and oxygen atoms in total. The first-order chi connectivity index (χ1) is 15.7. The van der Waals surface area contributed by atoms with Crippen LogP contribution in [0.15, 0.2) is 109 Å². The predicted molar refractivity (Wildman–Crippen MR) is 129 cm³/mol. The number of hydrogen-bond donors (Lipinski definition) is 3. The highest BCUT2D eigenvalue weighted by Crippen LogP contribution is 2.19. The molecule has 0 unspecified atom stereocenters. The zero-order valence-corrected chi connectivity index (χ0v) is 17.6. The van der Waals surface area contributed by atoms with Gasteiger partial charge in [0.05, 0.1) is 0 Å². The molecule has 0 atom stereocenters. The van der Waals surface area contributed by atoms with E-state index in [1.165, 1.54) is 0 Å². The lowest BCUT2D eigenvalue weighted by molar-refractivity contribution is 0.306. The topological polar surface area (TPSA) is 66.4 Å². The molecule has 4 aromatic rings. The van der Waals surface area contributed by atoms with Crippen LogP contribution in [0.25, 0.3) is 0 Å². The van der Waals surface area contributed by atoms with Crippen LogP contribution in [-0.2, 0) is 13.2 Å². The molecule has 0 fully saturated rings. The fraction of sp³-hybridized carbons (Fsp3) is 0.0741. The molecule has 0 saturated carbocycles. The van der Waals surface area contributed by atoms with Crippen LogP contribution in [0, 0.1) is 5.41 Å². The molecule has 32 heavy (non-hydrogen) atoms. The Morgan fingerprint density at radius 1 is 0.531 bits per heavy atom. The van der Waals surface area contributed by atoms with Gasteiger partial charge in [-0.3, -0.25) is 5.41 Å². The second-order valence-electron chi connectivity index (χ2n) is 7.22. The Kier molecular flexibility index (Phi) is 7.01. The molecular weight excluding hydrogens is 398 g/mol. The third-order valence-corrected chi connectivity index (χ3v) is 4.74. The Morgan fingerprint density at radius 2 is 0.906 bits per heavy atom. The van der Waals surface area contributed by atoms with Crippen molar-refractivity contribution in [2.24, 2.45) is 0 Å². The number of benzene rings is 4. The van der Waals surface area contributed by atoms with Crippen LogP contribution in [0.2, 0.25) is 0 Å². The Hall–Kier alpha value is -4.25. The van der Waals surface area contributed by atoms with Gasteiger partial charge < -0.3 is 20.1 Å². The van der Waals surface area contributed by atoms with E-state index in [9.17, 15) is 0 Å². The van der Waals surface area contributed by atoms with Crippen LogP contribution in [0.4, 0.5) is 11.4 Å². The van der Waals surface area contributed by atoms with E-state index >= 15 is 0 Å². The van der Waals surface area contributed by atoms with E-state index in [0.29, 0.717) is 13.2 Å². The lowest BCUT2D eigenvalue weighted by Gasteiger charge is -2.12. The van der Waals surface area contributed by atoms with Gasteiger partial charge in [-0.1, -0.05) is 60.7 Å². The summed E-state index contributed by atoms with van der Waals surface area (Å²) in [5.41, 5.74) is 3.85. The van der Waals surface area contributed by atoms with Gasteiger partial charge in [0.25, 0.3) is 0 Å². The molecule has 160 valence electrons. The van der Waals surface area contributed by atoms with Crippen molar-refractivity contribution in [2.75, 3.05) is 10.6 Å². The summed E-state index contributed by atoms with van der Waals surface area (Å²) in [5.74, 6) is 1.75. The first kappa shape index (κ1) is 21.0. The maximum Gasteiger partial charge on any atom is 0.197 e. The largest absolute Gasteiger partial charge is 0.489 e. The minimum absolute atomic E-state index is 0.181. The molecule has 0 spiro atoms. The lowest BCUT2D eigenvalue weighted by Crippen LogP contribution is -2.20. The van der Waals surface area contributed by atoms with E-state index < -0.39 is 0 Å². The number of anilines is 2. The number of guanidine groups is 1. The molecule has 0 aliphatic rings. The smallest absolute Gasteiger partial charge is 0.197 e. The number of ether oxygens (including phenoxy) is 2. The van der Waals surface area contributed by atoms with Crippen molar-refractivity contribution < 1.29 is 9.47 Å². The third kappa shape index (κ3) is 6.37. The summed E-state index contributed by atoms with van der Waals surface area (Å²) in [6, 6.07) is 35.2. The van der Waals surface area contributed by atoms with E-state index in [4.69, 9.17) is 14.9 Å². The van der Waals surface area contributed by atoms with Gasteiger partial charge in [0.2, 0.25) is 0 Å². The van der Waals surface area contributed by atoms with Gasteiger partial charge in [0.15, 0.2) is 5.96 Å². The van der Waals surface area contributed by atoms with Crippen molar-refractivity contribution in [3.05, 3.63) is 120 Å². The van der Waals surface area contributed by atoms with Crippen molar-refractivity contribution >= 4 is 17.3 Å². The van der Waals surface area contributed by atoms with Gasteiger partial charge in [-0.15, -0.1) is 0 Å². The highest BCUT2D eigenvalue weighted by Gasteiger charge is 2.02. The fourth-order valence-electron chi connectivity index (χ4n) is 3.07. The van der Waals surface area contributed by atoms with Crippen molar-refractivity contribution in [1.82, 2.24) is 0 Å². The number of nitrogens with one attached hydrogen (secondary N) is 3. The van der Waals surface area contributed by atoms with Gasteiger partial charge in [0, 0.05) is 11.4 Å². The summed E-state index contributed by atoms with van der Waals surface area (Å²) in [4.78, 5) is 0. The van der Waals surface area contributed by atoms with Gasteiger partial charge in [0.1, 0.15) is 24.7 Å². The average Bonchev–Trinajstić information content (AvgIpc) is 2.84. The highest BCUT2D eigenvalue weighted by atomic mass is 16.5. The molecule has 0 radical (unpaired) electrons. The zero-order valence-electron chi connectivity index (χ0n) is 17.6. The summed E-state index contributed by atoms with van der Waals surface area (Å²) in [6.07, 6.45) is 0. The molecule has 0 aliphatic heterocycles. The minimum atomic E-state index is 0.181. The third-order valence-electron chi connectivity index (χ3n) is 4.74. The molecule has 5 heteroatoms. The molecule has 0 amide bonds. The van der Waals surface area contributed by atoms with E-state index in [0.717, 1.165) is 34.0 Å². The minimum Gasteiger partial charge on any atom is -0.489 e. The summed E-state index contributed by atoms with van der Waals surface area (Å²) in [6.45, 7) is 1.05. The Balaban J connectivity index is 1.23.